The first-order valence-electron chi connectivity index (χ1n) is 25.2. The summed E-state index contributed by atoms with van der Waals surface area (Å²) in [6.45, 7) is 1.44. The average molecular weight is 1000 g/mol. The van der Waals surface area contributed by atoms with Gasteiger partial charge in [0.2, 0.25) is 5.91 Å². The molecule has 3 saturated heterocycles. The summed E-state index contributed by atoms with van der Waals surface area (Å²) < 4.78 is 34.0. The van der Waals surface area contributed by atoms with Crippen molar-refractivity contribution in [3.05, 3.63) is 72.9 Å². The van der Waals surface area contributed by atoms with Crippen molar-refractivity contribution in [2.24, 2.45) is 0 Å². The number of aliphatic hydroxyl groups excluding tert-OH is 11. The van der Waals surface area contributed by atoms with E-state index in [-0.39, 0.29) is 12.3 Å². The van der Waals surface area contributed by atoms with Gasteiger partial charge in [-0.15, -0.1) is 0 Å². The van der Waals surface area contributed by atoms with Crippen molar-refractivity contribution in [3.8, 4) is 0 Å². The molecule has 3 heterocycles. The van der Waals surface area contributed by atoms with E-state index in [0.717, 1.165) is 38.5 Å². The molecular formula is C51H85NO18. The Morgan fingerprint density at radius 1 is 0.529 bits per heavy atom. The lowest BCUT2D eigenvalue weighted by molar-refractivity contribution is -0.379. The van der Waals surface area contributed by atoms with E-state index in [4.69, 9.17) is 28.4 Å². The van der Waals surface area contributed by atoms with Crippen LogP contribution in [0.15, 0.2) is 72.9 Å². The van der Waals surface area contributed by atoms with Crippen LogP contribution >= 0.6 is 0 Å². The molecule has 3 rings (SSSR count). The SMILES string of the molecule is CC/C=C\C/C=C\C/C=C\C/C=C\CCC(=O)NC(COC1OC(CO)C(OC2OC(CO)C(OC3OC(CO)C(O)C(O)C3O)C(O)C2O)C(O)C1O)C(O)/C=C/CC/C=C/CCCCCCCC. The molecular weight excluding hydrogens is 915 g/mol. The zero-order valence-electron chi connectivity index (χ0n) is 41.0. The first kappa shape index (κ1) is 61.5. The lowest BCUT2D eigenvalue weighted by atomic mass is 9.96. The van der Waals surface area contributed by atoms with Gasteiger partial charge < -0.3 is 89.9 Å². The van der Waals surface area contributed by atoms with E-state index in [9.17, 15) is 61.0 Å². The predicted octanol–water partition coefficient (Wildman–Crippen LogP) is 1.53. The number of rotatable bonds is 33. The van der Waals surface area contributed by atoms with E-state index < -0.39 is 131 Å². The zero-order chi connectivity index (χ0) is 51.3. The number of carbonyl (C=O) groups excluding carboxylic acids is 1. The normalized spacial score (nSPS) is 33.2. The van der Waals surface area contributed by atoms with Gasteiger partial charge in [-0.3, -0.25) is 4.79 Å². The molecule has 70 heavy (non-hydrogen) atoms. The van der Waals surface area contributed by atoms with Crippen LogP contribution in [0.2, 0.25) is 0 Å². The topological polar surface area (TPSA) is 307 Å². The highest BCUT2D eigenvalue weighted by molar-refractivity contribution is 5.76. The number of carbonyl (C=O) groups is 1. The summed E-state index contributed by atoms with van der Waals surface area (Å²) in [5, 5.41) is 119. The molecule has 12 N–H and O–H groups in total. The van der Waals surface area contributed by atoms with Crippen LogP contribution in [0, 0.1) is 0 Å². The maximum absolute atomic E-state index is 13.2. The number of hydrogen-bond acceptors (Lipinski definition) is 18. The van der Waals surface area contributed by atoms with E-state index in [0.29, 0.717) is 19.3 Å². The van der Waals surface area contributed by atoms with Gasteiger partial charge in [0.1, 0.15) is 73.2 Å². The average Bonchev–Trinajstić information content (AvgIpc) is 3.35. The fourth-order valence-electron chi connectivity index (χ4n) is 8.04. The van der Waals surface area contributed by atoms with Gasteiger partial charge in [-0.05, 0) is 57.8 Å². The summed E-state index contributed by atoms with van der Waals surface area (Å²) in [5.41, 5.74) is 0. The van der Waals surface area contributed by atoms with Crippen molar-refractivity contribution in [3.63, 3.8) is 0 Å². The Morgan fingerprint density at radius 3 is 1.59 bits per heavy atom. The molecule has 1 amide bonds. The third kappa shape index (κ3) is 21.0. The van der Waals surface area contributed by atoms with E-state index in [1.54, 1.807) is 12.2 Å². The molecule has 0 spiro atoms. The standard InChI is InChI=1S/C51H85NO18/c1-3-5-7-9-11-13-15-17-19-21-23-25-27-29-39(57)52-34(35(56)28-26-24-22-20-18-16-14-12-10-8-6-4-2)33-65-49-45(63)42(60)47(37(31-54)67-49)70-51-46(64)43(61)48(38(32-55)68-51)69-50-44(62)41(59)40(58)36(30-53)66-50/h5,7,11,13,17-20,23,25-26,28,34-38,40-51,53-56,58-64H,3-4,6,8-10,12,14-16,21-22,24,27,29-33H2,1-2H3,(H,52,57)/b7-5-,13-11-,19-17-,20-18+,25-23-,28-26+. The van der Waals surface area contributed by atoms with Crippen molar-refractivity contribution < 1.29 is 89.4 Å². The molecule has 0 bridgehead atoms. The minimum Gasteiger partial charge on any atom is -0.394 e. The van der Waals surface area contributed by atoms with Crippen LogP contribution in [0.5, 0.6) is 0 Å². The monoisotopic (exact) mass is 1000 g/mol. The van der Waals surface area contributed by atoms with Crippen LogP contribution in [0.1, 0.15) is 110 Å². The molecule has 0 aliphatic carbocycles. The molecule has 402 valence electrons. The van der Waals surface area contributed by atoms with E-state index in [1.165, 1.54) is 32.1 Å². The Labute approximate surface area is 413 Å². The predicted molar refractivity (Wildman–Crippen MR) is 258 cm³/mol. The number of ether oxygens (including phenoxy) is 6. The highest BCUT2D eigenvalue weighted by Gasteiger charge is 2.53. The van der Waals surface area contributed by atoms with Gasteiger partial charge in [-0.1, -0.05) is 119 Å². The first-order chi connectivity index (χ1) is 33.8. The molecule has 3 aliphatic heterocycles. The fourth-order valence-corrected chi connectivity index (χ4v) is 8.04. The lowest BCUT2D eigenvalue weighted by Gasteiger charge is -2.48. The van der Waals surface area contributed by atoms with Crippen LogP contribution in [0.4, 0.5) is 0 Å². The van der Waals surface area contributed by atoms with Gasteiger partial charge in [-0.25, -0.2) is 0 Å². The zero-order valence-corrected chi connectivity index (χ0v) is 41.0. The van der Waals surface area contributed by atoms with Crippen molar-refractivity contribution in [2.75, 3.05) is 26.4 Å². The Hall–Kier alpha value is -2.77. The Morgan fingerprint density at radius 2 is 1.00 bits per heavy atom. The second-order valence-electron chi connectivity index (χ2n) is 17.9. The van der Waals surface area contributed by atoms with Crippen molar-refractivity contribution in [1.29, 1.82) is 0 Å². The molecule has 3 fully saturated rings. The smallest absolute Gasteiger partial charge is 0.220 e. The van der Waals surface area contributed by atoms with Gasteiger partial charge in [-0.2, -0.15) is 0 Å². The van der Waals surface area contributed by atoms with E-state index >= 15 is 0 Å². The van der Waals surface area contributed by atoms with Gasteiger partial charge >= 0.3 is 0 Å². The Balaban J connectivity index is 1.61. The highest BCUT2D eigenvalue weighted by atomic mass is 16.8. The molecule has 0 radical (unpaired) electrons. The molecule has 17 atom stereocenters. The summed E-state index contributed by atoms with van der Waals surface area (Å²) in [6, 6.07) is -1.03. The van der Waals surface area contributed by atoms with E-state index in [2.05, 4.69) is 61.7 Å². The van der Waals surface area contributed by atoms with Gasteiger partial charge in [0, 0.05) is 6.42 Å². The summed E-state index contributed by atoms with van der Waals surface area (Å²) in [4.78, 5) is 13.2. The molecule has 19 heteroatoms. The summed E-state index contributed by atoms with van der Waals surface area (Å²) in [7, 11) is 0. The minimum atomic E-state index is -1.99. The molecule has 17 unspecified atom stereocenters. The third-order valence-electron chi connectivity index (χ3n) is 12.3. The van der Waals surface area contributed by atoms with E-state index in [1.807, 2.05) is 18.2 Å². The first-order valence-corrected chi connectivity index (χ1v) is 25.2. The largest absolute Gasteiger partial charge is 0.394 e. The molecule has 19 nitrogen and oxygen atoms in total. The van der Waals surface area contributed by atoms with Crippen LogP contribution in [0.25, 0.3) is 0 Å². The van der Waals surface area contributed by atoms with Gasteiger partial charge in [0.05, 0.1) is 38.6 Å². The number of allylic oxidation sites excluding steroid dienone is 11. The lowest BCUT2D eigenvalue weighted by Crippen LogP contribution is -2.66. The Bertz CT molecular complexity index is 1570. The number of unbranched alkanes of at least 4 members (excludes halogenated alkanes) is 7. The number of aliphatic hydroxyl groups is 11. The number of nitrogens with one attached hydrogen (secondary N) is 1. The summed E-state index contributed by atoms with van der Waals surface area (Å²) >= 11 is 0. The maximum atomic E-state index is 13.2. The third-order valence-corrected chi connectivity index (χ3v) is 12.3. The molecule has 0 saturated carbocycles. The molecule has 0 aromatic rings. The number of amides is 1. The highest BCUT2D eigenvalue weighted by Crippen LogP contribution is 2.33. The van der Waals surface area contributed by atoms with Crippen molar-refractivity contribution in [1.82, 2.24) is 5.32 Å². The summed E-state index contributed by atoms with van der Waals surface area (Å²) in [6.07, 6.45) is 10.8. The second-order valence-corrected chi connectivity index (χ2v) is 17.9. The van der Waals surface area contributed by atoms with Crippen LogP contribution in [-0.2, 0) is 33.2 Å². The fraction of sp³-hybridized carbons (Fsp3) is 0.745. The summed E-state index contributed by atoms with van der Waals surface area (Å²) in [5.74, 6) is -0.372. The van der Waals surface area contributed by atoms with Gasteiger partial charge in [0.25, 0.3) is 0 Å². The van der Waals surface area contributed by atoms with Crippen LogP contribution in [0.3, 0.4) is 0 Å². The van der Waals surface area contributed by atoms with Crippen molar-refractivity contribution in [2.45, 2.75) is 214 Å². The molecule has 0 aromatic carbocycles. The van der Waals surface area contributed by atoms with Crippen LogP contribution < -0.4 is 5.32 Å². The molecule has 0 aromatic heterocycles. The number of hydrogen-bond donors (Lipinski definition) is 12. The second kappa shape index (κ2) is 35.4. The molecule has 3 aliphatic rings. The Kier molecular flexibility index (Phi) is 31.1. The van der Waals surface area contributed by atoms with Crippen molar-refractivity contribution >= 4 is 5.91 Å². The maximum Gasteiger partial charge on any atom is 0.220 e. The quantitative estimate of drug-likeness (QED) is 0.0328. The van der Waals surface area contributed by atoms with Gasteiger partial charge in [0.15, 0.2) is 18.9 Å². The minimum absolute atomic E-state index is 0.110. The van der Waals surface area contributed by atoms with Crippen LogP contribution in [-0.4, -0.2) is 193 Å².